The third-order valence-electron chi connectivity index (χ3n) is 7.49. The number of likely N-dealkylation sites (tertiary alicyclic amines) is 3. The molecule has 3 fully saturated rings. The Kier molecular flexibility index (Phi) is 7.56. The zero-order valence-electron chi connectivity index (χ0n) is 19.6. The molecule has 0 radical (unpaired) electrons. The molecule has 4 heteroatoms. The number of carbonyl (C=O) groups is 1. The molecule has 3 saturated heterocycles. The van der Waals surface area contributed by atoms with Crippen LogP contribution < -0.4 is 0 Å². The van der Waals surface area contributed by atoms with E-state index in [0.717, 1.165) is 43.9 Å². The normalized spacial score (nSPS) is 23.5. The minimum absolute atomic E-state index is 0.312. The van der Waals surface area contributed by atoms with E-state index in [9.17, 15) is 4.79 Å². The largest absolute Gasteiger partial charge is 0.376 e. The molecule has 0 atom stereocenters. The van der Waals surface area contributed by atoms with Gasteiger partial charge in [-0.15, -0.1) is 0 Å². The highest BCUT2D eigenvalue weighted by molar-refractivity contribution is 5.74. The van der Waals surface area contributed by atoms with Gasteiger partial charge in [0.25, 0.3) is 0 Å². The summed E-state index contributed by atoms with van der Waals surface area (Å²) in [6, 6.07) is 0.312. The number of hydrogen-bond donors (Lipinski definition) is 0. The fourth-order valence-electron chi connectivity index (χ4n) is 5.78. The Morgan fingerprint density at radius 3 is 1.52 bits per heavy atom. The van der Waals surface area contributed by atoms with Gasteiger partial charge in [-0.25, -0.2) is 4.79 Å². The van der Waals surface area contributed by atoms with E-state index in [1.54, 1.807) is 0 Å². The highest BCUT2D eigenvalue weighted by Gasteiger charge is 2.31. The quantitative estimate of drug-likeness (QED) is 0.610. The smallest absolute Gasteiger partial charge is 0.319 e. The van der Waals surface area contributed by atoms with E-state index in [-0.39, 0.29) is 0 Å². The van der Waals surface area contributed by atoms with E-state index >= 15 is 0 Å². The van der Waals surface area contributed by atoms with Crippen molar-refractivity contribution >= 4 is 6.03 Å². The molecular weight excluding hydrogens is 358 g/mol. The number of piperidine rings is 3. The molecule has 0 N–H and O–H groups in total. The third-order valence-corrected chi connectivity index (χ3v) is 7.49. The number of amides is 2. The van der Waals surface area contributed by atoms with Crippen molar-refractivity contribution in [2.24, 2.45) is 23.2 Å². The second-order valence-electron chi connectivity index (χ2n) is 11.3. The summed E-state index contributed by atoms with van der Waals surface area (Å²) in [5.41, 5.74) is 1.62. The van der Waals surface area contributed by atoms with Gasteiger partial charge in [-0.2, -0.15) is 0 Å². The molecule has 3 aliphatic rings. The van der Waals surface area contributed by atoms with Gasteiger partial charge in [-0.05, 0) is 81.5 Å². The van der Waals surface area contributed by atoms with Crippen molar-refractivity contribution in [1.29, 1.82) is 0 Å². The molecule has 3 aliphatic heterocycles. The fourth-order valence-corrected chi connectivity index (χ4v) is 5.78. The summed E-state index contributed by atoms with van der Waals surface area (Å²) >= 11 is 0. The van der Waals surface area contributed by atoms with Gasteiger partial charge < -0.3 is 14.7 Å². The molecule has 3 heterocycles. The summed E-state index contributed by atoms with van der Waals surface area (Å²) in [7, 11) is 0. The van der Waals surface area contributed by atoms with Crippen LogP contribution in [-0.4, -0.2) is 60.0 Å². The van der Waals surface area contributed by atoms with Gasteiger partial charge in [0.2, 0.25) is 0 Å². The average Bonchev–Trinajstić information content (AvgIpc) is 2.68. The zero-order valence-corrected chi connectivity index (χ0v) is 19.6. The van der Waals surface area contributed by atoms with Crippen molar-refractivity contribution in [3.63, 3.8) is 0 Å². The number of carbonyl (C=O) groups excluding carboxylic acids is 1. The van der Waals surface area contributed by atoms with E-state index < -0.39 is 0 Å². The first kappa shape index (κ1) is 22.5. The van der Waals surface area contributed by atoms with E-state index in [1.165, 1.54) is 70.2 Å². The van der Waals surface area contributed by atoms with Gasteiger partial charge in [-0.3, -0.25) is 0 Å². The lowest BCUT2D eigenvalue weighted by atomic mass is 9.80. The Bertz CT molecular complexity index is 543. The molecule has 4 nitrogen and oxygen atoms in total. The number of nitrogens with zero attached hydrogens (tertiary/aromatic N) is 3. The first-order chi connectivity index (χ1) is 13.7. The van der Waals surface area contributed by atoms with E-state index in [2.05, 4.69) is 49.0 Å². The van der Waals surface area contributed by atoms with Gasteiger partial charge in [0.05, 0.1) is 0 Å². The predicted octanol–water partition coefficient (Wildman–Crippen LogP) is 5.60. The van der Waals surface area contributed by atoms with Crippen LogP contribution in [0.3, 0.4) is 0 Å². The molecule has 2 amide bonds. The first-order valence-corrected chi connectivity index (χ1v) is 12.2. The van der Waals surface area contributed by atoms with Crippen LogP contribution in [0.25, 0.3) is 0 Å². The van der Waals surface area contributed by atoms with Crippen LogP contribution in [-0.2, 0) is 0 Å². The van der Waals surface area contributed by atoms with Crippen molar-refractivity contribution in [2.45, 2.75) is 79.1 Å². The van der Waals surface area contributed by atoms with Crippen LogP contribution in [0.15, 0.2) is 12.3 Å². The molecule has 0 aliphatic carbocycles. The molecule has 0 aromatic carbocycles. The second kappa shape index (κ2) is 9.75. The number of hydrogen-bond acceptors (Lipinski definition) is 2. The van der Waals surface area contributed by atoms with Crippen molar-refractivity contribution in [3.8, 4) is 0 Å². The van der Waals surface area contributed by atoms with Crippen molar-refractivity contribution in [2.75, 3.05) is 39.3 Å². The van der Waals surface area contributed by atoms with Crippen LogP contribution in [0.4, 0.5) is 4.79 Å². The van der Waals surface area contributed by atoms with Crippen LogP contribution >= 0.6 is 0 Å². The molecule has 0 aromatic rings. The van der Waals surface area contributed by atoms with Gasteiger partial charge in [0, 0.05) is 45.0 Å². The Labute approximate surface area is 179 Å². The number of rotatable bonds is 4. The van der Waals surface area contributed by atoms with Crippen LogP contribution in [0.1, 0.15) is 79.1 Å². The maximum atomic E-state index is 13.0. The first-order valence-electron chi connectivity index (χ1n) is 12.2. The summed E-state index contributed by atoms with van der Waals surface area (Å²) < 4.78 is 0. The lowest BCUT2D eigenvalue weighted by molar-refractivity contribution is 0.103. The summed E-state index contributed by atoms with van der Waals surface area (Å²) in [5, 5.41) is 0. The molecule has 0 saturated carbocycles. The van der Waals surface area contributed by atoms with Crippen molar-refractivity contribution in [3.05, 3.63) is 12.3 Å². The van der Waals surface area contributed by atoms with Crippen LogP contribution in [0, 0.1) is 23.2 Å². The monoisotopic (exact) mass is 403 g/mol. The summed E-state index contributed by atoms with van der Waals surface area (Å²) in [4.78, 5) is 19.7. The summed E-state index contributed by atoms with van der Waals surface area (Å²) in [6.07, 6.45) is 10.0. The minimum Gasteiger partial charge on any atom is -0.376 e. The van der Waals surface area contributed by atoms with Gasteiger partial charge in [-0.1, -0.05) is 27.4 Å². The second-order valence-corrected chi connectivity index (χ2v) is 11.3. The van der Waals surface area contributed by atoms with Crippen molar-refractivity contribution < 1.29 is 4.79 Å². The Morgan fingerprint density at radius 1 is 0.759 bits per heavy atom. The zero-order chi connectivity index (χ0) is 21.0. The topological polar surface area (TPSA) is 26.8 Å². The average molecular weight is 404 g/mol. The minimum atomic E-state index is 0.312. The van der Waals surface area contributed by atoms with E-state index in [1.807, 2.05) is 0 Å². The van der Waals surface area contributed by atoms with Gasteiger partial charge >= 0.3 is 6.03 Å². The molecule has 0 aromatic heterocycles. The fraction of sp³-hybridized carbons (Fsp3) is 0.880. The van der Waals surface area contributed by atoms with E-state index in [0.29, 0.717) is 11.4 Å². The molecule has 3 rings (SSSR count). The predicted molar refractivity (Wildman–Crippen MR) is 122 cm³/mol. The maximum absolute atomic E-state index is 13.0. The van der Waals surface area contributed by atoms with Crippen molar-refractivity contribution in [1.82, 2.24) is 14.7 Å². The van der Waals surface area contributed by atoms with Gasteiger partial charge in [0.1, 0.15) is 0 Å². The molecule has 29 heavy (non-hydrogen) atoms. The number of allylic oxidation sites excluding steroid dienone is 1. The lowest BCUT2D eigenvalue weighted by Gasteiger charge is -2.40. The highest BCUT2D eigenvalue weighted by Crippen LogP contribution is 2.33. The standard InChI is InChI=1S/C25H45N3O/c1-20(2)26-12-6-21(7-13-26)18-22-8-14-27(15-9-22)24(29)28-16-10-23(11-17-28)19-25(3,4)5/h21-23H,1,6-19H2,2-5H3. The third kappa shape index (κ3) is 6.65. The number of urea groups is 1. The van der Waals surface area contributed by atoms with E-state index in [4.69, 9.17) is 0 Å². The Hall–Kier alpha value is -1.19. The Balaban J connectivity index is 1.35. The molecular formula is C25H45N3O. The Morgan fingerprint density at radius 2 is 1.14 bits per heavy atom. The maximum Gasteiger partial charge on any atom is 0.319 e. The van der Waals surface area contributed by atoms with Crippen LogP contribution in [0.5, 0.6) is 0 Å². The summed E-state index contributed by atoms with van der Waals surface area (Å²) in [5.74, 6) is 2.48. The molecule has 166 valence electrons. The lowest BCUT2D eigenvalue weighted by Crippen LogP contribution is -2.49. The SMILES string of the molecule is C=C(C)N1CCC(CC2CCN(C(=O)N3CCC(CC(C)(C)C)CC3)CC2)CC1. The van der Waals surface area contributed by atoms with Gasteiger partial charge in [0.15, 0.2) is 0 Å². The summed E-state index contributed by atoms with van der Waals surface area (Å²) in [6.45, 7) is 19.4. The molecule has 0 unspecified atom stereocenters. The molecule has 0 spiro atoms. The van der Waals surface area contributed by atoms with Crippen LogP contribution in [0.2, 0.25) is 0 Å². The molecule has 0 bridgehead atoms. The highest BCUT2D eigenvalue weighted by atomic mass is 16.2.